The minimum atomic E-state index is 0.194. The van der Waals surface area contributed by atoms with Crippen LogP contribution in [0.5, 0.6) is 0 Å². The number of thiophene rings is 1. The third-order valence-electron chi connectivity index (χ3n) is 3.11. The summed E-state index contributed by atoms with van der Waals surface area (Å²) in [6.45, 7) is 2.14. The molecule has 1 aromatic carbocycles. The van der Waals surface area contributed by atoms with E-state index < -0.39 is 0 Å². The van der Waals surface area contributed by atoms with Crippen molar-refractivity contribution in [1.29, 1.82) is 0 Å². The quantitative estimate of drug-likeness (QED) is 0.721. The third kappa shape index (κ3) is 2.17. The van der Waals surface area contributed by atoms with Gasteiger partial charge in [-0.3, -0.25) is 0 Å². The molecule has 3 rings (SSSR count). The average molecular weight is 290 g/mol. The Morgan fingerprint density at radius 1 is 1.21 bits per heavy atom. The number of rotatable bonds is 2. The van der Waals surface area contributed by atoms with Crippen LogP contribution < -0.4 is 5.73 Å². The number of nitrogens with zero attached hydrogens (tertiary/aromatic N) is 2. The molecule has 0 radical (unpaired) electrons. The first-order valence-corrected chi connectivity index (χ1v) is 7.24. The average Bonchev–Trinajstić information content (AvgIpc) is 2.83. The summed E-state index contributed by atoms with van der Waals surface area (Å²) in [4.78, 5) is 9.07. The van der Waals surface area contributed by atoms with E-state index in [1.807, 2.05) is 5.38 Å². The molecule has 0 saturated carbocycles. The predicted octanol–water partition coefficient (Wildman–Crippen LogP) is 4.16. The van der Waals surface area contributed by atoms with Crippen LogP contribution in [0.4, 0.5) is 5.82 Å². The molecular formula is C14H12ClN3S. The lowest BCUT2D eigenvalue weighted by atomic mass is 10.0. The maximum atomic E-state index is 5.97. The summed E-state index contributed by atoms with van der Waals surface area (Å²) in [5.74, 6) is 0.436. The van der Waals surface area contributed by atoms with Crippen LogP contribution in [0, 0.1) is 0 Å². The van der Waals surface area contributed by atoms with Gasteiger partial charge in [-0.2, -0.15) is 0 Å². The summed E-state index contributed by atoms with van der Waals surface area (Å²) in [6.07, 6.45) is 1.03. The van der Waals surface area contributed by atoms with Gasteiger partial charge < -0.3 is 5.73 Å². The van der Waals surface area contributed by atoms with Gasteiger partial charge in [0.2, 0.25) is 5.28 Å². The highest BCUT2D eigenvalue weighted by atomic mass is 35.5. The Morgan fingerprint density at radius 3 is 2.63 bits per heavy atom. The SMILES string of the molecule is CCc1ccc(-c2csc3nc(Cl)nc(N)c23)cc1. The summed E-state index contributed by atoms with van der Waals surface area (Å²) in [5.41, 5.74) is 9.47. The number of fused-ring (bicyclic) bond motifs is 1. The Labute approximate surface area is 120 Å². The molecule has 3 aromatic rings. The second-order valence-electron chi connectivity index (χ2n) is 4.26. The molecule has 5 heteroatoms. The number of aromatic nitrogens is 2. The number of hydrogen-bond acceptors (Lipinski definition) is 4. The molecule has 2 N–H and O–H groups in total. The van der Waals surface area contributed by atoms with Crippen molar-refractivity contribution in [2.45, 2.75) is 13.3 Å². The zero-order chi connectivity index (χ0) is 13.4. The highest BCUT2D eigenvalue weighted by Crippen LogP contribution is 2.36. The number of anilines is 1. The fourth-order valence-corrected chi connectivity index (χ4v) is 3.25. The zero-order valence-corrected chi connectivity index (χ0v) is 11.9. The van der Waals surface area contributed by atoms with Gasteiger partial charge in [-0.25, -0.2) is 9.97 Å². The van der Waals surface area contributed by atoms with E-state index in [1.165, 1.54) is 16.9 Å². The largest absolute Gasteiger partial charge is 0.383 e. The maximum absolute atomic E-state index is 5.97. The molecule has 2 heterocycles. The van der Waals surface area contributed by atoms with Gasteiger partial charge in [0.1, 0.15) is 10.6 Å². The van der Waals surface area contributed by atoms with Crippen LogP contribution in [0.1, 0.15) is 12.5 Å². The number of nitrogens with two attached hydrogens (primary N) is 1. The van der Waals surface area contributed by atoms with Crippen LogP contribution >= 0.6 is 22.9 Å². The predicted molar refractivity (Wildman–Crippen MR) is 81.7 cm³/mol. The van der Waals surface area contributed by atoms with Crippen molar-refractivity contribution >= 4 is 39.0 Å². The fourth-order valence-electron chi connectivity index (χ4n) is 2.07. The van der Waals surface area contributed by atoms with E-state index >= 15 is 0 Å². The lowest BCUT2D eigenvalue weighted by Crippen LogP contribution is -1.93. The van der Waals surface area contributed by atoms with E-state index in [1.54, 1.807) is 0 Å². The fraction of sp³-hybridized carbons (Fsp3) is 0.143. The van der Waals surface area contributed by atoms with Crippen molar-refractivity contribution in [3.8, 4) is 11.1 Å². The lowest BCUT2D eigenvalue weighted by molar-refractivity contribution is 1.14. The van der Waals surface area contributed by atoms with E-state index in [2.05, 4.69) is 41.2 Å². The molecule has 0 amide bonds. The van der Waals surface area contributed by atoms with Gasteiger partial charge in [-0.1, -0.05) is 31.2 Å². The van der Waals surface area contributed by atoms with Crippen LogP contribution in [0.15, 0.2) is 29.6 Å². The standard InChI is InChI=1S/C14H12ClN3S/c1-2-8-3-5-9(6-4-8)10-7-19-13-11(10)12(16)17-14(15)18-13/h3-7H,2H2,1H3,(H2,16,17,18). The van der Waals surface area contributed by atoms with Gasteiger partial charge in [0, 0.05) is 10.9 Å². The topological polar surface area (TPSA) is 51.8 Å². The van der Waals surface area contributed by atoms with Gasteiger partial charge in [-0.05, 0) is 29.1 Å². The normalized spacial score (nSPS) is 11.1. The van der Waals surface area contributed by atoms with Gasteiger partial charge >= 0.3 is 0 Å². The maximum Gasteiger partial charge on any atom is 0.225 e. The van der Waals surface area contributed by atoms with Crippen LogP contribution in [0.25, 0.3) is 21.3 Å². The highest BCUT2D eigenvalue weighted by Gasteiger charge is 2.12. The van der Waals surface area contributed by atoms with E-state index in [0.717, 1.165) is 27.8 Å². The lowest BCUT2D eigenvalue weighted by Gasteiger charge is -2.03. The molecule has 0 aliphatic heterocycles. The molecule has 0 fully saturated rings. The molecule has 0 atom stereocenters. The zero-order valence-electron chi connectivity index (χ0n) is 10.4. The molecule has 2 aromatic heterocycles. The molecule has 0 spiro atoms. The molecule has 0 aliphatic carbocycles. The third-order valence-corrected chi connectivity index (χ3v) is 4.15. The first kappa shape index (κ1) is 12.4. The van der Waals surface area contributed by atoms with Crippen molar-refractivity contribution < 1.29 is 0 Å². The summed E-state index contributed by atoms with van der Waals surface area (Å²) in [7, 11) is 0. The van der Waals surface area contributed by atoms with Crippen LogP contribution in [0.3, 0.4) is 0 Å². The monoisotopic (exact) mass is 289 g/mol. The number of halogens is 1. The van der Waals surface area contributed by atoms with E-state index in [0.29, 0.717) is 5.82 Å². The Morgan fingerprint density at radius 2 is 1.95 bits per heavy atom. The first-order chi connectivity index (χ1) is 9.19. The molecule has 19 heavy (non-hydrogen) atoms. The van der Waals surface area contributed by atoms with Crippen molar-refractivity contribution in [3.63, 3.8) is 0 Å². The number of aryl methyl sites for hydroxylation is 1. The molecule has 96 valence electrons. The summed E-state index contributed by atoms with van der Waals surface area (Å²) >= 11 is 7.35. The molecule has 3 nitrogen and oxygen atoms in total. The van der Waals surface area contributed by atoms with E-state index in [9.17, 15) is 0 Å². The number of nitrogen functional groups attached to an aromatic ring is 1. The van der Waals surface area contributed by atoms with Gasteiger partial charge in [0.15, 0.2) is 0 Å². The molecule has 0 bridgehead atoms. The van der Waals surface area contributed by atoms with E-state index in [-0.39, 0.29) is 5.28 Å². The minimum Gasteiger partial charge on any atom is -0.383 e. The molecule has 0 aliphatic rings. The summed E-state index contributed by atoms with van der Waals surface area (Å²) in [5, 5.41) is 3.13. The van der Waals surface area contributed by atoms with Crippen LogP contribution in [0.2, 0.25) is 5.28 Å². The Kier molecular flexibility index (Phi) is 3.12. The molecule has 0 saturated heterocycles. The Hall–Kier alpha value is -1.65. The van der Waals surface area contributed by atoms with Gasteiger partial charge in [0.05, 0.1) is 5.39 Å². The van der Waals surface area contributed by atoms with Gasteiger partial charge in [-0.15, -0.1) is 11.3 Å². The van der Waals surface area contributed by atoms with Crippen molar-refractivity contribution in [1.82, 2.24) is 9.97 Å². The van der Waals surface area contributed by atoms with Crippen LogP contribution in [-0.2, 0) is 6.42 Å². The smallest absolute Gasteiger partial charge is 0.225 e. The van der Waals surface area contributed by atoms with Crippen LogP contribution in [-0.4, -0.2) is 9.97 Å². The summed E-state index contributed by atoms with van der Waals surface area (Å²) in [6, 6.07) is 8.47. The Balaban J connectivity index is 2.19. The number of benzene rings is 1. The Bertz CT molecular complexity index is 734. The molecule has 0 unspecified atom stereocenters. The second-order valence-corrected chi connectivity index (χ2v) is 5.45. The summed E-state index contributed by atoms with van der Waals surface area (Å²) < 4.78 is 0. The number of hydrogen-bond donors (Lipinski definition) is 1. The van der Waals surface area contributed by atoms with Crippen molar-refractivity contribution in [2.75, 3.05) is 5.73 Å². The van der Waals surface area contributed by atoms with Gasteiger partial charge in [0.25, 0.3) is 0 Å². The highest BCUT2D eigenvalue weighted by molar-refractivity contribution is 7.17. The van der Waals surface area contributed by atoms with Crippen molar-refractivity contribution in [2.24, 2.45) is 0 Å². The van der Waals surface area contributed by atoms with E-state index in [4.69, 9.17) is 17.3 Å². The minimum absolute atomic E-state index is 0.194. The molecular weight excluding hydrogens is 278 g/mol. The van der Waals surface area contributed by atoms with Crippen molar-refractivity contribution in [3.05, 3.63) is 40.5 Å². The first-order valence-electron chi connectivity index (χ1n) is 5.98. The second kappa shape index (κ2) is 4.79.